The summed E-state index contributed by atoms with van der Waals surface area (Å²) < 4.78 is 51.7. The van der Waals surface area contributed by atoms with E-state index in [2.05, 4.69) is 20.3 Å². The molecule has 152 valence electrons. The summed E-state index contributed by atoms with van der Waals surface area (Å²) in [5.41, 5.74) is 0.921. The van der Waals surface area contributed by atoms with Gasteiger partial charge in [0.15, 0.2) is 5.76 Å². The van der Waals surface area contributed by atoms with E-state index in [1.165, 1.54) is 18.4 Å². The summed E-state index contributed by atoms with van der Waals surface area (Å²) >= 11 is 0. The van der Waals surface area contributed by atoms with Crippen molar-refractivity contribution in [2.45, 2.75) is 6.36 Å². The second-order valence-corrected chi connectivity index (χ2v) is 6.00. The van der Waals surface area contributed by atoms with Crippen LogP contribution in [0.5, 0.6) is 5.75 Å². The Labute approximate surface area is 167 Å². The minimum atomic E-state index is -4.85. The van der Waals surface area contributed by atoms with Gasteiger partial charge in [-0.3, -0.25) is 4.79 Å². The Morgan fingerprint density at radius 1 is 0.967 bits per heavy atom. The summed E-state index contributed by atoms with van der Waals surface area (Å²) in [5, 5.41) is 10.5. The van der Waals surface area contributed by atoms with Crippen LogP contribution in [-0.4, -0.2) is 22.5 Å². The Morgan fingerprint density at radius 2 is 1.77 bits per heavy atom. The van der Waals surface area contributed by atoms with Crippen LogP contribution < -0.4 is 10.1 Å². The van der Waals surface area contributed by atoms with Crippen molar-refractivity contribution >= 4 is 11.6 Å². The highest BCUT2D eigenvalue weighted by Crippen LogP contribution is 2.27. The van der Waals surface area contributed by atoms with E-state index in [1.807, 2.05) is 0 Å². The molecule has 0 spiro atoms. The summed E-state index contributed by atoms with van der Waals surface area (Å²) in [7, 11) is 0. The molecule has 2 aromatic carbocycles. The van der Waals surface area contributed by atoms with Crippen LogP contribution in [0.15, 0.2) is 75.8 Å². The number of anilines is 1. The molecule has 2 heterocycles. The van der Waals surface area contributed by atoms with E-state index in [0.29, 0.717) is 17.0 Å². The fourth-order valence-corrected chi connectivity index (χ4v) is 2.61. The number of amides is 1. The fourth-order valence-electron chi connectivity index (χ4n) is 2.61. The highest BCUT2D eigenvalue weighted by molar-refractivity contribution is 6.04. The van der Waals surface area contributed by atoms with Gasteiger partial charge >= 0.3 is 6.36 Å². The lowest BCUT2D eigenvalue weighted by Gasteiger charge is -2.10. The number of aromatic nitrogens is 2. The van der Waals surface area contributed by atoms with Gasteiger partial charge in [0.2, 0.25) is 5.89 Å². The molecule has 0 unspecified atom stereocenters. The van der Waals surface area contributed by atoms with Gasteiger partial charge in [-0.25, -0.2) is 0 Å². The van der Waals surface area contributed by atoms with Gasteiger partial charge in [0.1, 0.15) is 5.75 Å². The Bertz CT molecular complexity index is 1170. The zero-order chi connectivity index (χ0) is 21.1. The molecule has 30 heavy (non-hydrogen) atoms. The third kappa shape index (κ3) is 4.49. The molecule has 0 aliphatic heterocycles. The molecule has 0 saturated heterocycles. The zero-order valence-electron chi connectivity index (χ0n) is 15.0. The van der Waals surface area contributed by atoms with Crippen LogP contribution in [0.4, 0.5) is 18.9 Å². The minimum absolute atomic E-state index is 0.0000453. The Kier molecular flexibility index (Phi) is 4.97. The topological polar surface area (TPSA) is 90.4 Å². The molecule has 0 saturated carbocycles. The molecule has 10 heteroatoms. The largest absolute Gasteiger partial charge is 0.573 e. The van der Waals surface area contributed by atoms with Gasteiger partial charge in [0.25, 0.3) is 11.8 Å². The average Bonchev–Trinajstić information content (AvgIpc) is 3.39. The standard InChI is InChI=1S/C20H12F3N3O4/c21-20(22,23)30-15-7-2-4-12(11-15)17(27)24-14-6-1-5-13(10-14)18-25-26-19(29-18)16-8-3-9-28-16/h1-11H,(H,24,27). The maximum Gasteiger partial charge on any atom is 0.573 e. The number of alkyl halides is 3. The van der Waals surface area contributed by atoms with Crippen molar-refractivity contribution in [3.8, 4) is 28.9 Å². The Morgan fingerprint density at radius 3 is 2.53 bits per heavy atom. The second kappa shape index (κ2) is 7.74. The predicted octanol–water partition coefficient (Wildman–Crippen LogP) is 5.15. The molecule has 4 aromatic rings. The van der Waals surface area contributed by atoms with Crippen LogP contribution in [0.25, 0.3) is 23.1 Å². The summed E-state index contributed by atoms with van der Waals surface area (Å²) in [5.74, 6) is -0.273. The number of hydrogen-bond acceptors (Lipinski definition) is 6. The van der Waals surface area contributed by atoms with Crippen LogP contribution in [0.2, 0.25) is 0 Å². The molecule has 0 bridgehead atoms. The van der Waals surface area contributed by atoms with Crippen LogP contribution in [0.3, 0.4) is 0 Å². The maximum atomic E-state index is 12.4. The lowest BCUT2D eigenvalue weighted by molar-refractivity contribution is -0.274. The number of halogens is 3. The van der Waals surface area contributed by atoms with Crippen molar-refractivity contribution in [1.82, 2.24) is 10.2 Å². The third-order valence-corrected chi connectivity index (χ3v) is 3.85. The third-order valence-electron chi connectivity index (χ3n) is 3.85. The van der Waals surface area contributed by atoms with E-state index >= 15 is 0 Å². The second-order valence-electron chi connectivity index (χ2n) is 6.00. The van der Waals surface area contributed by atoms with E-state index in [-0.39, 0.29) is 17.3 Å². The van der Waals surface area contributed by atoms with Gasteiger partial charge in [0.05, 0.1) is 6.26 Å². The number of benzene rings is 2. The Balaban J connectivity index is 1.51. The summed E-state index contributed by atoms with van der Waals surface area (Å²) in [6.45, 7) is 0. The van der Waals surface area contributed by atoms with Crippen molar-refractivity contribution in [2.24, 2.45) is 0 Å². The van der Waals surface area contributed by atoms with E-state index in [9.17, 15) is 18.0 Å². The monoisotopic (exact) mass is 415 g/mol. The molecule has 1 N–H and O–H groups in total. The number of nitrogens with one attached hydrogen (secondary N) is 1. The highest BCUT2D eigenvalue weighted by atomic mass is 19.4. The molecule has 0 atom stereocenters. The van der Waals surface area contributed by atoms with E-state index in [0.717, 1.165) is 12.1 Å². The van der Waals surface area contributed by atoms with Gasteiger partial charge in [-0.05, 0) is 48.5 Å². The van der Waals surface area contributed by atoms with Crippen LogP contribution in [0.1, 0.15) is 10.4 Å². The van der Waals surface area contributed by atoms with Crippen molar-refractivity contribution in [3.63, 3.8) is 0 Å². The number of nitrogens with zero attached hydrogens (tertiary/aromatic N) is 2. The predicted molar refractivity (Wildman–Crippen MR) is 98.5 cm³/mol. The first-order valence-corrected chi connectivity index (χ1v) is 8.52. The number of carbonyl (C=O) groups excluding carboxylic acids is 1. The lowest BCUT2D eigenvalue weighted by Crippen LogP contribution is -2.18. The number of carbonyl (C=O) groups is 1. The number of ether oxygens (including phenoxy) is 1. The highest BCUT2D eigenvalue weighted by Gasteiger charge is 2.31. The van der Waals surface area contributed by atoms with E-state index < -0.39 is 18.0 Å². The lowest BCUT2D eigenvalue weighted by atomic mass is 10.1. The maximum absolute atomic E-state index is 12.4. The number of rotatable bonds is 5. The van der Waals surface area contributed by atoms with E-state index in [1.54, 1.807) is 36.4 Å². The van der Waals surface area contributed by atoms with Crippen molar-refractivity contribution in [2.75, 3.05) is 5.32 Å². The van der Waals surface area contributed by atoms with E-state index in [4.69, 9.17) is 8.83 Å². The van der Waals surface area contributed by atoms with Crippen molar-refractivity contribution in [3.05, 3.63) is 72.5 Å². The normalized spacial score (nSPS) is 11.3. The molecule has 2 aromatic heterocycles. The van der Waals surface area contributed by atoms with Crippen LogP contribution >= 0.6 is 0 Å². The smallest absolute Gasteiger partial charge is 0.459 e. The molecule has 0 fully saturated rings. The molecule has 7 nitrogen and oxygen atoms in total. The quantitative estimate of drug-likeness (QED) is 0.485. The fraction of sp³-hybridized carbons (Fsp3) is 0.0500. The SMILES string of the molecule is O=C(Nc1cccc(-c2nnc(-c3ccco3)o2)c1)c1cccc(OC(F)(F)F)c1. The number of furan rings is 1. The molecule has 0 aliphatic carbocycles. The first-order valence-electron chi connectivity index (χ1n) is 8.52. The molecular formula is C20H12F3N3O4. The van der Waals surface area contributed by atoms with Gasteiger partial charge in [-0.1, -0.05) is 12.1 Å². The van der Waals surface area contributed by atoms with Crippen molar-refractivity contribution < 1.29 is 31.5 Å². The minimum Gasteiger partial charge on any atom is -0.459 e. The van der Waals surface area contributed by atoms with Crippen LogP contribution in [-0.2, 0) is 0 Å². The van der Waals surface area contributed by atoms with Gasteiger partial charge in [0, 0.05) is 16.8 Å². The first-order chi connectivity index (χ1) is 14.4. The van der Waals surface area contributed by atoms with Crippen LogP contribution in [0, 0.1) is 0 Å². The molecule has 0 aliphatic rings. The van der Waals surface area contributed by atoms with Gasteiger partial charge in [-0.15, -0.1) is 23.4 Å². The summed E-state index contributed by atoms with van der Waals surface area (Å²) in [6.07, 6.45) is -3.37. The van der Waals surface area contributed by atoms with Gasteiger partial charge in [-0.2, -0.15) is 0 Å². The van der Waals surface area contributed by atoms with Crippen molar-refractivity contribution in [1.29, 1.82) is 0 Å². The molecule has 4 rings (SSSR count). The van der Waals surface area contributed by atoms with Gasteiger partial charge < -0.3 is 18.9 Å². The first kappa shape index (κ1) is 19.2. The summed E-state index contributed by atoms with van der Waals surface area (Å²) in [6, 6.07) is 14.7. The molecule has 1 amide bonds. The molecular weight excluding hydrogens is 403 g/mol. The Hall–Kier alpha value is -4.08. The number of hydrogen-bond donors (Lipinski definition) is 1. The zero-order valence-corrected chi connectivity index (χ0v) is 15.0. The average molecular weight is 415 g/mol. The molecule has 0 radical (unpaired) electrons. The summed E-state index contributed by atoms with van der Waals surface area (Å²) in [4.78, 5) is 12.4.